The van der Waals surface area contributed by atoms with Gasteiger partial charge in [-0.3, -0.25) is 0 Å². The largest absolute Gasteiger partial charge is 0.326 e. The zero-order valence-electron chi connectivity index (χ0n) is 11.2. The lowest BCUT2D eigenvalue weighted by atomic mass is 9.94. The highest BCUT2D eigenvalue weighted by Crippen LogP contribution is 2.20. The second kappa shape index (κ2) is 4.97. The molecule has 3 rings (SSSR count). The van der Waals surface area contributed by atoms with E-state index in [-0.39, 0.29) is 6.04 Å². The summed E-state index contributed by atoms with van der Waals surface area (Å²) in [4.78, 5) is 7.08. The van der Waals surface area contributed by atoms with Crippen LogP contribution < -0.4 is 5.73 Å². The summed E-state index contributed by atoms with van der Waals surface area (Å²) < 4.78 is 2.03. The number of hydrogen-bond donors (Lipinski definition) is 1. The number of fused-ring (bicyclic) bond motifs is 1. The quantitative estimate of drug-likeness (QED) is 0.826. The number of likely N-dealkylation sites (tertiary alicyclic amines) is 1. The number of nitrogens with two attached hydrogens (primary N) is 1. The second-order valence-electron chi connectivity index (χ2n) is 5.88. The maximum absolute atomic E-state index is 5.96. The third-order valence-electron chi connectivity index (χ3n) is 4.25. The molecule has 1 aromatic heterocycles. The Morgan fingerprint density at radius 1 is 1.28 bits per heavy atom. The molecule has 0 aliphatic carbocycles. The molecular formula is C13H23N5. The zero-order chi connectivity index (χ0) is 12.5. The summed E-state index contributed by atoms with van der Waals surface area (Å²) in [6, 6.07) is 0.260. The average Bonchev–Trinajstić information content (AvgIpc) is 2.73. The summed E-state index contributed by atoms with van der Waals surface area (Å²) in [5, 5.41) is 4.63. The summed E-state index contributed by atoms with van der Waals surface area (Å²) in [5.74, 6) is 2.94. The van der Waals surface area contributed by atoms with Gasteiger partial charge in [0.05, 0.1) is 6.54 Å². The van der Waals surface area contributed by atoms with Gasteiger partial charge in [-0.15, -0.1) is 0 Å². The molecule has 5 nitrogen and oxygen atoms in total. The fourth-order valence-electron chi connectivity index (χ4n) is 3.00. The molecule has 1 atom stereocenters. The monoisotopic (exact) mass is 249 g/mol. The maximum atomic E-state index is 5.96. The van der Waals surface area contributed by atoms with Crippen molar-refractivity contribution in [1.29, 1.82) is 0 Å². The zero-order valence-corrected chi connectivity index (χ0v) is 11.2. The molecule has 0 aromatic carbocycles. The van der Waals surface area contributed by atoms with Crippen LogP contribution in [0.5, 0.6) is 0 Å². The van der Waals surface area contributed by atoms with Gasteiger partial charge in [-0.1, -0.05) is 0 Å². The van der Waals surface area contributed by atoms with Crippen molar-refractivity contribution in [1.82, 2.24) is 19.7 Å². The summed E-state index contributed by atoms with van der Waals surface area (Å²) in [7, 11) is 2.20. The molecular weight excluding hydrogens is 226 g/mol. The molecule has 3 heterocycles. The van der Waals surface area contributed by atoms with Crippen LogP contribution in [-0.4, -0.2) is 45.8 Å². The Bertz CT molecular complexity index is 406. The number of aromatic nitrogens is 3. The van der Waals surface area contributed by atoms with Crippen LogP contribution >= 0.6 is 0 Å². The standard InChI is InChI=1S/C13H23N5/c1-17-6-4-10(5-7-17)8-12-15-13-3-2-11(14)9-18(13)16-12/h10-11H,2-9,14H2,1H3. The van der Waals surface area contributed by atoms with Crippen LogP contribution in [0.3, 0.4) is 0 Å². The number of aryl methyl sites for hydroxylation is 1. The van der Waals surface area contributed by atoms with Gasteiger partial charge in [0.25, 0.3) is 0 Å². The summed E-state index contributed by atoms with van der Waals surface area (Å²) >= 11 is 0. The Morgan fingerprint density at radius 2 is 2.06 bits per heavy atom. The first-order valence-electron chi connectivity index (χ1n) is 7.07. The van der Waals surface area contributed by atoms with Crippen molar-refractivity contribution < 1.29 is 0 Å². The van der Waals surface area contributed by atoms with E-state index in [4.69, 9.17) is 5.73 Å². The molecule has 0 saturated carbocycles. The van der Waals surface area contributed by atoms with Crippen molar-refractivity contribution in [2.24, 2.45) is 11.7 Å². The topological polar surface area (TPSA) is 60.0 Å². The van der Waals surface area contributed by atoms with Gasteiger partial charge in [0.15, 0.2) is 5.82 Å². The minimum absolute atomic E-state index is 0.260. The fourth-order valence-corrected chi connectivity index (χ4v) is 3.00. The fraction of sp³-hybridized carbons (Fsp3) is 0.846. The molecule has 5 heteroatoms. The number of hydrogen-bond acceptors (Lipinski definition) is 4. The first-order valence-corrected chi connectivity index (χ1v) is 7.07. The van der Waals surface area contributed by atoms with Crippen LogP contribution in [0.15, 0.2) is 0 Å². The second-order valence-corrected chi connectivity index (χ2v) is 5.88. The molecule has 0 spiro atoms. The molecule has 1 aromatic rings. The van der Waals surface area contributed by atoms with E-state index in [9.17, 15) is 0 Å². The van der Waals surface area contributed by atoms with Gasteiger partial charge >= 0.3 is 0 Å². The number of piperidine rings is 1. The minimum atomic E-state index is 0.260. The smallest absolute Gasteiger partial charge is 0.151 e. The van der Waals surface area contributed by atoms with Gasteiger partial charge in [-0.2, -0.15) is 5.10 Å². The van der Waals surface area contributed by atoms with Gasteiger partial charge in [0.2, 0.25) is 0 Å². The predicted octanol–water partition coefficient (Wildman–Crippen LogP) is 0.436. The van der Waals surface area contributed by atoms with Gasteiger partial charge in [0, 0.05) is 18.9 Å². The third-order valence-corrected chi connectivity index (χ3v) is 4.25. The van der Waals surface area contributed by atoms with Gasteiger partial charge < -0.3 is 10.6 Å². The van der Waals surface area contributed by atoms with E-state index < -0.39 is 0 Å². The molecule has 100 valence electrons. The molecule has 2 N–H and O–H groups in total. The Kier molecular flexibility index (Phi) is 3.35. The van der Waals surface area contributed by atoms with Crippen molar-refractivity contribution >= 4 is 0 Å². The van der Waals surface area contributed by atoms with E-state index in [1.165, 1.54) is 25.9 Å². The van der Waals surface area contributed by atoms with Crippen LogP contribution in [0.25, 0.3) is 0 Å². The molecule has 1 saturated heterocycles. The van der Waals surface area contributed by atoms with Crippen molar-refractivity contribution in [2.75, 3.05) is 20.1 Å². The summed E-state index contributed by atoms with van der Waals surface area (Å²) in [5.41, 5.74) is 5.96. The van der Waals surface area contributed by atoms with E-state index in [2.05, 4.69) is 22.0 Å². The van der Waals surface area contributed by atoms with Crippen LogP contribution in [0.1, 0.15) is 30.9 Å². The third kappa shape index (κ3) is 2.57. The van der Waals surface area contributed by atoms with Crippen LogP contribution in [0, 0.1) is 5.92 Å². The highest BCUT2D eigenvalue weighted by Gasteiger charge is 2.22. The molecule has 1 unspecified atom stereocenters. The van der Waals surface area contributed by atoms with Crippen LogP contribution in [-0.2, 0) is 19.4 Å². The highest BCUT2D eigenvalue weighted by molar-refractivity contribution is 4.99. The van der Waals surface area contributed by atoms with E-state index in [0.717, 1.165) is 43.4 Å². The first-order chi connectivity index (χ1) is 8.70. The van der Waals surface area contributed by atoms with Gasteiger partial charge in [-0.05, 0) is 45.3 Å². The van der Waals surface area contributed by atoms with Crippen LogP contribution in [0.2, 0.25) is 0 Å². The van der Waals surface area contributed by atoms with Crippen molar-refractivity contribution in [3.8, 4) is 0 Å². The highest BCUT2D eigenvalue weighted by atomic mass is 15.4. The van der Waals surface area contributed by atoms with Crippen LogP contribution in [0.4, 0.5) is 0 Å². The molecule has 0 bridgehead atoms. The Balaban J connectivity index is 1.63. The van der Waals surface area contributed by atoms with Gasteiger partial charge in [0.1, 0.15) is 5.82 Å². The molecule has 0 radical (unpaired) electrons. The molecule has 0 amide bonds. The Morgan fingerprint density at radius 3 is 2.83 bits per heavy atom. The van der Waals surface area contributed by atoms with E-state index in [0.29, 0.717) is 0 Å². The number of rotatable bonds is 2. The first kappa shape index (κ1) is 12.1. The Hall–Kier alpha value is -0.940. The normalized spacial score (nSPS) is 26.2. The van der Waals surface area contributed by atoms with Crippen molar-refractivity contribution in [2.45, 2.75) is 44.7 Å². The van der Waals surface area contributed by atoms with E-state index in [1.807, 2.05) is 4.68 Å². The van der Waals surface area contributed by atoms with Crippen molar-refractivity contribution in [3.05, 3.63) is 11.6 Å². The molecule has 2 aliphatic heterocycles. The van der Waals surface area contributed by atoms with Crippen molar-refractivity contribution in [3.63, 3.8) is 0 Å². The number of nitrogens with zero attached hydrogens (tertiary/aromatic N) is 4. The lowest BCUT2D eigenvalue weighted by Gasteiger charge is -2.28. The van der Waals surface area contributed by atoms with Gasteiger partial charge in [-0.25, -0.2) is 9.67 Å². The van der Waals surface area contributed by atoms with E-state index >= 15 is 0 Å². The lowest BCUT2D eigenvalue weighted by Crippen LogP contribution is -2.32. The molecule has 18 heavy (non-hydrogen) atoms. The minimum Gasteiger partial charge on any atom is -0.326 e. The summed E-state index contributed by atoms with van der Waals surface area (Å²) in [6.45, 7) is 3.27. The SMILES string of the molecule is CN1CCC(Cc2nc3n(n2)CC(N)CC3)CC1. The predicted molar refractivity (Wildman–Crippen MR) is 70.2 cm³/mol. The lowest BCUT2D eigenvalue weighted by molar-refractivity contribution is 0.217. The summed E-state index contributed by atoms with van der Waals surface area (Å²) in [6.07, 6.45) is 5.64. The molecule has 1 fully saturated rings. The molecule has 2 aliphatic rings. The Labute approximate surface area is 108 Å². The average molecular weight is 249 g/mol. The maximum Gasteiger partial charge on any atom is 0.151 e. The van der Waals surface area contributed by atoms with E-state index in [1.54, 1.807) is 0 Å².